The molecular weight excluding hydrogens is 212 g/mol. The molecule has 0 aliphatic carbocycles. The Morgan fingerprint density at radius 2 is 1.55 bits per heavy atom. The Kier molecular flexibility index (Phi) is 4.66. The van der Waals surface area contributed by atoms with E-state index in [2.05, 4.69) is 0 Å². The summed E-state index contributed by atoms with van der Waals surface area (Å²) in [6.45, 7) is 0. The summed E-state index contributed by atoms with van der Waals surface area (Å²) < 4.78 is 48.0. The quantitative estimate of drug-likeness (QED) is 0.389. The second-order valence-corrected chi connectivity index (χ2v) is 3.15. The fourth-order valence-electron chi connectivity index (χ4n) is 0.200. The molecule has 9 heteroatoms. The predicted octanol–water partition coefficient (Wildman–Crippen LogP) is 0.508. The van der Waals surface area contributed by atoms with Crippen molar-refractivity contribution in [3.63, 3.8) is 0 Å². The molecule has 0 atom stereocenters. The van der Waals surface area contributed by atoms with Crippen molar-refractivity contribution in [1.82, 2.24) is 4.31 Å². The van der Waals surface area contributed by atoms with E-state index in [0.29, 0.717) is 0 Å². The summed E-state index contributed by atoms with van der Waals surface area (Å²) in [7, 11) is -6.13. The Balaban J connectivity index is 5.15. The Morgan fingerprint density at radius 3 is 1.73 bits per heavy atom. The van der Waals surface area contributed by atoms with Crippen LogP contribution in [0.5, 0.6) is 0 Å². The molecule has 0 amide bonds. The summed E-state index contributed by atoms with van der Waals surface area (Å²) in [5, 5.41) is 0. The van der Waals surface area contributed by atoms with Crippen molar-refractivity contribution in [1.29, 1.82) is 0 Å². The minimum absolute atomic E-state index is 0.0733. The van der Waals surface area contributed by atoms with E-state index in [1.54, 1.807) is 11.5 Å². The number of nitrogens with zero attached hydrogens (tertiary/aromatic N) is 1. The summed E-state index contributed by atoms with van der Waals surface area (Å²) in [6, 6.07) is 0. The molecule has 1 N–H and O–H groups in total. The summed E-state index contributed by atoms with van der Waals surface area (Å²) >= 11 is 0. The molecule has 0 aromatic carbocycles. The molecule has 0 aliphatic rings. The van der Waals surface area contributed by atoms with Crippen molar-refractivity contribution in [2.45, 2.75) is 0 Å². The van der Waals surface area contributed by atoms with Crippen LogP contribution in [0.25, 0.3) is 0 Å². The van der Waals surface area contributed by atoms with Crippen LogP contribution in [0.4, 0.5) is 0 Å². The van der Waals surface area contributed by atoms with Gasteiger partial charge in [0.2, 0.25) is 0 Å². The fourth-order valence-corrected chi connectivity index (χ4v) is 1.55. The SMILES string of the molecule is O=P#CN(C#P=O)S(=O)(=O)O. The Hall–Kier alpha value is -0.110. The van der Waals surface area contributed by atoms with Gasteiger partial charge in [0.15, 0.2) is 0 Å². The van der Waals surface area contributed by atoms with Gasteiger partial charge in [-0.15, -0.1) is 0 Å². The second kappa shape index (κ2) is 4.70. The molecule has 0 saturated carbocycles. The van der Waals surface area contributed by atoms with Gasteiger partial charge in [-0.05, 0) is 0 Å². The molecule has 0 aromatic rings. The van der Waals surface area contributed by atoms with Crippen LogP contribution in [0.1, 0.15) is 0 Å². The van der Waals surface area contributed by atoms with Crippen molar-refractivity contribution < 1.29 is 22.1 Å². The van der Waals surface area contributed by atoms with E-state index in [0.717, 1.165) is 0 Å². The molecule has 0 unspecified atom stereocenters. The summed E-state index contributed by atoms with van der Waals surface area (Å²) in [5.74, 6) is 3.23. The minimum atomic E-state index is -4.59. The number of hydrogen-bond donors (Lipinski definition) is 1. The first-order chi connectivity index (χ1) is 5.02. The average molecular weight is 213 g/mol. The number of hydrogen-bond acceptors (Lipinski definition) is 4. The molecule has 0 rings (SSSR count). The van der Waals surface area contributed by atoms with Crippen molar-refractivity contribution in [2.24, 2.45) is 0 Å². The van der Waals surface area contributed by atoms with Crippen LogP contribution in [-0.2, 0) is 19.4 Å². The molecule has 6 nitrogen and oxygen atoms in total. The van der Waals surface area contributed by atoms with Crippen LogP contribution in [0.3, 0.4) is 0 Å². The van der Waals surface area contributed by atoms with E-state index >= 15 is 0 Å². The van der Waals surface area contributed by atoms with Crippen LogP contribution in [0.2, 0.25) is 0 Å². The first-order valence-corrected chi connectivity index (χ1v) is 4.98. The van der Waals surface area contributed by atoms with Crippen LogP contribution in [0.15, 0.2) is 0 Å². The zero-order valence-corrected chi connectivity index (χ0v) is 7.44. The third-order valence-corrected chi connectivity index (χ3v) is 1.97. The molecule has 0 spiro atoms. The molecule has 0 fully saturated rings. The van der Waals surface area contributed by atoms with E-state index in [9.17, 15) is 17.5 Å². The zero-order valence-electron chi connectivity index (χ0n) is 4.83. The third kappa shape index (κ3) is 4.35. The van der Waals surface area contributed by atoms with Gasteiger partial charge in [0.05, 0.1) is 0 Å². The van der Waals surface area contributed by atoms with Crippen molar-refractivity contribution in [2.75, 3.05) is 0 Å². The average Bonchev–Trinajstić information content (AvgIpc) is 1.85. The normalized spacial score (nSPS) is 10.0. The first-order valence-electron chi connectivity index (χ1n) is 1.96. The third-order valence-electron chi connectivity index (χ3n) is 0.494. The van der Waals surface area contributed by atoms with Gasteiger partial charge in [0, 0.05) is 0 Å². The van der Waals surface area contributed by atoms with E-state index in [4.69, 9.17) is 4.55 Å². The van der Waals surface area contributed by atoms with E-state index < -0.39 is 26.1 Å². The van der Waals surface area contributed by atoms with E-state index in [1.807, 2.05) is 0 Å². The van der Waals surface area contributed by atoms with Gasteiger partial charge in [0.1, 0.15) is 0 Å². The predicted molar refractivity (Wildman–Crippen MR) is 36.4 cm³/mol. The van der Waals surface area contributed by atoms with Gasteiger partial charge in [-0.3, -0.25) is 0 Å². The molecule has 0 radical (unpaired) electrons. The topological polar surface area (TPSA) is 91.8 Å². The fraction of sp³-hybridized carbons (Fsp3) is 0. The summed E-state index contributed by atoms with van der Waals surface area (Å²) in [4.78, 5) is 0. The maximum absolute atomic E-state index is 10.2. The van der Waals surface area contributed by atoms with Gasteiger partial charge >= 0.3 is 64.0 Å². The van der Waals surface area contributed by atoms with Gasteiger partial charge in [0.25, 0.3) is 0 Å². The first kappa shape index (κ1) is 10.9. The second-order valence-electron chi connectivity index (χ2n) is 1.12. The standard InChI is InChI=1S/C2HNO5P2S/c4-9-1-3(2-10-5)11(6,7)8/h(H,6,7,8). The monoisotopic (exact) mass is 213 g/mol. The van der Waals surface area contributed by atoms with Crippen LogP contribution < -0.4 is 0 Å². The van der Waals surface area contributed by atoms with Crippen LogP contribution in [0, 0.1) is 11.5 Å². The summed E-state index contributed by atoms with van der Waals surface area (Å²) in [6.07, 6.45) is 0. The van der Waals surface area contributed by atoms with Crippen LogP contribution >= 0.6 is 15.8 Å². The van der Waals surface area contributed by atoms with Gasteiger partial charge in [-0.2, -0.15) is 0 Å². The molecule has 0 heterocycles. The number of rotatable bonds is 1. The molecular formula is C2HNO5P2S. The Labute approximate surface area is 64.7 Å². The Bertz CT molecular complexity index is 399. The van der Waals surface area contributed by atoms with Gasteiger partial charge in [-0.1, -0.05) is 0 Å². The van der Waals surface area contributed by atoms with Crippen molar-refractivity contribution in [3.8, 4) is 11.5 Å². The van der Waals surface area contributed by atoms with Crippen molar-refractivity contribution >= 4 is 26.1 Å². The zero-order chi connectivity index (χ0) is 8.91. The molecule has 0 bridgehead atoms. The molecule has 0 saturated heterocycles. The molecule has 11 heavy (non-hydrogen) atoms. The molecule has 0 aliphatic heterocycles. The Morgan fingerprint density at radius 1 is 1.18 bits per heavy atom. The molecule has 0 aromatic heterocycles. The van der Waals surface area contributed by atoms with E-state index in [-0.39, 0.29) is 4.31 Å². The van der Waals surface area contributed by atoms with Crippen molar-refractivity contribution in [3.05, 3.63) is 0 Å². The maximum atomic E-state index is 10.2. The van der Waals surface area contributed by atoms with Gasteiger partial charge < -0.3 is 0 Å². The molecule has 60 valence electrons. The van der Waals surface area contributed by atoms with Crippen LogP contribution in [-0.4, -0.2) is 17.3 Å². The summed E-state index contributed by atoms with van der Waals surface area (Å²) in [5.41, 5.74) is 0. The van der Waals surface area contributed by atoms with Gasteiger partial charge in [-0.25, -0.2) is 0 Å². The van der Waals surface area contributed by atoms with E-state index in [1.165, 1.54) is 0 Å².